The second-order valence-corrected chi connectivity index (χ2v) is 5.92. The Bertz CT molecular complexity index is 417. The van der Waals surface area contributed by atoms with Gasteiger partial charge in [-0.1, -0.05) is 26.0 Å². The van der Waals surface area contributed by atoms with Crippen LogP contribution >= 0.6 is 15.9 Å². The number of halogens is 2. The van der Waals surface area contributed by atoms with Crippen LogP contribution in [0.2, 0.25) is 0 Å². The Morgan fingerprint density at radius 2 is 1.89 bits per heavy atom. The third-order valence-electron chi connectivity index (χ3n) is 4.23. The summed E-state index contributed by atoms with van der Waals surface area (Å²) in [5.74, 6) is -0.171. The predicted molar refractivity (Wildman–Crippen MR) is 82.9 cm³/mol. The van der Waals surface area contributed by atoms with Crippen molar-refractivity contribution in [3.05, 3.63) is 34.1 Å². The Balaban J connectivity index is 3.36. The molecular formula is C15H24BrFN2. The number of nitrogens with one attached hydrogen (secondary N) is 1. The Morgan fingerprint density at radius 1 is 1.32 bits per heavy atom. The topological polar surface area (TPSA) is 15.3 Å². The fraction of sp³-hybridized carbons (Fsp3) is 0.600. The van der Waals surface area contributed by atoms with Crippen LogP contribution in [0, 0.1) is 5.82 Å². The highest BCUT2D eigenvalue weighted by molar-refractivity contribution is 9.10. The molecule has 1 aromatic rings. The molecule has 0 aliphatic carbocycles. The molecule has 0 saturated heterocycles. The smallest absolute Gasteiger partial charge is 0.142 e. The van der Waals surface area contributed by atoms with Crippen molar-refractivity contribution in [2.24, 2.45) is 0 Å². The summed E-state index contributed by atoms with van der Waals surface area (Å²) in [6, 6.07) is 5.44. The lowest BCUT2D eigenvalue weighted by Gasteiger charge is -2.45. The van der Waals surface area contributed by atoms with Gasteiger partial charge in [0.1, 0.15) is 5.82 Å². The molecule has 2 nitrogen and oxygen atoms in total. The van der Waals surface area contributed by atoms with Gasteiger partial charge < -0.3 is 10.2 Å². The molecule has 19 heavy (non-hydrogen) atoms. The second kappa shape index (κ2) is 6.82. The molecule has 1 N–H and O–H groups in total. The Morgan fingerprint density at radius 3 is 2.32 bits per heavy atom. The molecule has 0 saturated carbocycles. The number of hydrogen-bond acceptors (Lipinski definition) is 2. The van der Waals surface area contributed by atoms with Crippen molar-refractivity contribution >= 4 is 15.9 Å². The molecule has 0 bridgehead atoms. The van der Waals surface area contributed by atoms with Crippen molar-refractivity contribution in [2.75, 3.05) is 21.1 Å². The normalized spacial score (nSPS) is 13.9. The molecule has 1 rings (SSSR count). The van der Waals surface area contributed by atoms with E-state index in [2.05, 4.69) is 54.1 Å². The summed E-state index contributed by atoms with van der Waals surface area (Å²) in [7, 11) is 6.02. The van der Waals surface area contributed by atoms with Gasteiger partial charge in [-0.05, 0) is 56.0 Å². The number of likely N-dealkylation sites (N-methyl/N-ethyl adjacent to an activating group) is 2. The van der Waals surface area contributed by atoms with Crippen LogP contribution < -0.4 is 5.32 Å². The monoisotopic (exact) mass is 330 g/mol. The average molecular weight is 331 g/mol. The third-order valence-corrected chi connectivity index (χ3v) is 4.85. The number of rotatable bonds is 6. The summed E-state index contributed by atoms with van der Waals surface area (Å²) in [5.41, 5.74) is 0.616. The van der Waals surface area contributed by atoms with E-state index < -0.39 is 0 Å². The number of benzene rings is 1. The zero-order valence-electron chi connectivity index (χ0n) is 12.4. The second-order valence-electron chi connectivity index (χ2n) is 5.07. The summed E-state index contributed by atoms with van der Waals surface area (Å²) < 4.78 is 14.9. The van der Waals surface area contributed by atoms with Gasteiger partial charge in [0.15, 0.2) is 0 Å². The van der Waals surface area contributed by atoms with E-state index in [-0.39, 0.29) is 17.4 Å². The van der Waals surface area contributed by atoms with E-state index in [0.29, 0.717) is 10.0 Å². The summed E-state index contributed by atoms with van der Waals surface area (Å²) in [4.78, 5) is 2.20. The largest absolute Gasteiger partial charge is 0.311 e. The van der Waals surface area contributed by atoms with E-state index in [9.17, 15) is 4.39 Å². The van der Waals surface area contributed by atoms with Gasteiger partial charge in [0.2, 0.25) is 0 Å². The van der Waals surface area contributed by atoms with Gasteiger partial charge in [-0.25, -0.2) is 4.39 Å². The zero-order chi connectivity index (χ0) is 14.6. The standard InChI is InChI=1S/C15H24BrFN2/c1-6-15(7-2,19(4)5)14(18-3)11-9-8-10-12(16)13(11)17/h8-10,14,18H,6-7H2,1-5H3. The summed E-state index contributed by atoms with van der Waals surface area (Å²) >= 11 is 3.27. The van der Waals surface area contributed by atoms with Crippen LogP contribution in [0.3, 0.4) is 0 Å². The first kappa shape index (κ1) is 16.6. The SMILES string of the molecule is CCC(CC)(C(NC)c1cccc(Br)c1F)N(C)C. The van der Waals surface area contributed by atoms with E-state index in [1.54, 1.807) is 6.07 Å². The molecule has 0 fully saturated rings. The first-order chi connectivity index (χ1) is 8.94. The van der Waals surface area contributed by atoms with Crippen LogP contribution in [0.15, 0.2) is 22.7 Å². The van der Waals surface area contributed by atoms with Crippen LogP contribution in [-0.2, 0) is 0 Å². The molecule has 4 heteroatoms. The first-order valence-electron chi connectivity index (χ1n) is 6.73. The molecule has 1 atom stereocenters. The Hall–Kier alpha value is -0.450. The van der Waals surface area contributed by atoms with Gasteiger partial charge >= 0.3 is 0 Å². The molecule has 1 unspecified atom stereocenters. The predicted octanol–water partition coefficient (Wildman–Crippen LogP) is 3.97. The van der Waals surface area contributed by atoms with Crippen molar-refractivity contribution in [1.82, 2.24) is 10.2 Å². The fourth-order valence-corrected chi connectivity index (χ4v) is 3.39. The molecule has 0 aromatic heterocycles. The number of nitrogens with zero attached hydrogens (tertiary/aromatic N) is 1. The molecular weight excluding hydrogens is 307 g/mol. The first-order valence-corrected chi connectivity index (χ1v) is 7.52. The van der Waals surface area contributed by atoms with Crippen molar-refractivity contribution in [2.45, 2.75) is 38.3 Å². The maximum absolute atomic E-state index is 14.4. The minimum atomic E-state index is -0.171. The maximum Gasteiger partial charge on any atom is 0.142 e. The van der Waals surface area contributed by atoms with E-state index in [1.807, 2.05) is 19.2 Å². The lowest BCUT2D eigenvalue weighted by atomic mass is 9.79. The van der Waals surface area contributed by atoms with Crippen LogP contribution in [-0.4, -0.2) is 31.6 Å². The van der Waals surface area contributed by atoms with Crippen LogP contribution in [0.25, 0.3) is 0 Å². The van der Waals surface area contributed by atoms with Crippen molar-refractivity contribution < 1.29 is 4.39 Å². The van der Waals surface area contributed by atoms with Crippen LogP contribution in [0.4, 0.5) is 4.39 Å². The maximum atomic E-state index is 14.4. The summed E-state index contributed by atoms with van der Waals surface area (Å²) in [6.07, 6.45) is 1.90. The molecule has 1 aromatic carbocycles. The van der Waals surface area contributed by atoms with Gasteiger partial charge in [-0.15, -0.1) is 0 Å². The highest BCUT2D eigenvalue weighted by Crippen LogP contribution is 2.37. The van der Waals surface area contributed by atoms with E-state index in [4.69, 9.17) is 0 Å². The molecule has 0 radical (unpaired) electrons. The Kier molecular flexibility index (Phi) is 5.96. The van der Waals surface area contributed by atoms with E-state index in [0.717, 1.165) is 12.8 Å². The zero-order valence-corrected chi connectivity index (χ0v) is 14.0. The molecule has 0 amide bonds. The van der Waals surface area contributed by atoms with E-state index >= 15 is 0 Å². The highest BCUT2D eigenvalue weighted by Gasteiger charge is 2.39. The van der Waals surface area contributed by atoms with E-state index in [1.165, 1.54) is 0 Å². The fourth-order valence-electron chi connectivity index (χ4n) is 3.01. The molecule has 108 valence electrons. The van der Waals surface area contributed by atoms with Gasteiger partial charge in [-0.2, -0.15) is 0 Å². The van der Waals surface area contributed by atoms with Gasteiger partial charge in [0, 0.05) is 11.1 Å². The van der Waals surface area contributed by atoms with Gasteiger partial charge in [-0.3, -0.25) is 0 Å². The lowest BCUT2D eigenvalue weighted by molar-refractivity contribution is 0.0900. The minimum absolute atomic E-state index is 0.0463. The lowest BCUT2D eigenvalue weighted by Crippen LogP contribution is -2.52. The molecule has 0 aliphatic heterocycles. The highest BCUT2D eigenvalue weighted by atomic mass is 79.9. The third kappa shape index (κ3) is 3.01. The Labute approximate surface area is 124 Å². The summed E-state index contributed by atoms with van der Waals surface area (Å²) in [6.45, 7) is 4.31. The number of hydrogen-bond donors (Lipinski definition) is 1. The van der Waals surface area contributed by atoms with Crippen molar-refractivity contribution in [3.8, 4) is 0 Å². The van der Waals surface area contributed by atoms with Crippen molar-refractivity contribution in [3.63, 3.8) is 0 Å². The quantitative estimate of drug-likeness (QED) is 0.849. The van der Waals surface area contributed by atoms with Gasteiger partial charge in [0.05, 0.1) is 10.5 Å². The van der Waals surface area contributed by atoms with Gasteiger partial charge in [0.25, 0.3) is 0 Å². The summed E-state index contributed by atoms with van der Waals surface area (Å²) in [5, 5.41) is 3.31. The minimum Gasteiger partial charge on any atom is -0.311 e. The van der Waals surface area contributed by atoms with Crippen LogP contribution in [0.1, 0.15) is 38.3 Å². The average Bonchev–Trinajstić information content (AvgIpc) is 2.39. The van der Waals surface area contributed by atoms with Crippen molar-refractivity contribution in [1.29, 1.82) is 0 Å². The molecule has 0 spiro atoms. The molecule has 0 heterocycles. The molecule has 0 aliphatic rings. The van der Waals surface area contributed by atoms with Crippen LogP contribution in [0.5, 0.6) is 0 Å².